The molecule has 1 N–H and O–H groups in total. The van der Waals surface area contributed by atoms with Gasteiger partial charge < -0.3 is 29.3 Å². The molecule has 4 heterocycles. The van der Waals surface area contributed by atoms with Crippen molar-refractivity contribution >= 4 is 12.0 Å². The Labute approximate surface area is 225 Å². The first kappa shape index (κ1) is 27.9. The highest BCUT2D eigenvalue weighted by Crippen LogP contribution is 2.51. The number of amides is 2. The molecule has 9 nitrogen and oxygen atoms in total. The first-order valence-electron chi connectivity index (χ1n) is 13.4. The number of nitrogens with one attached hydrogen (secondary N) is 1. The number of carbonyl (C=O) groups is 2. The number of halogens is 3. The number of methoxy groups -OCH3 is 1. The van der Waals surface area contributed by atoms with E-state index in [0.717, 1.165) is 18.7 Å². The Morgan fingerprint density at radius 3 is 2.92 bits per heavy atom. The zero-order valence-electron chi connectivity index (χ0n) is 22.0. The Hall–Kier alpha value is -2.70. The molecule has 1 saturated carbocycles. The van der Waals surface area contributed by atoms with E-state index in [1.54, 1.807) is 16.9 Å². The molecular formula is C27H35F3N4O5. The minimum Gasteiger partial charge on any atom is -0.445 e. The molecule has 5 rings (SSSR count). The van der Waals surface area contributed by atoms with Crippen molar-refractivity contribution in [3.05, 3.63) is 41.7 Å². The average Bonchev–Trinajstić information content (AvgIpc) is 3.45. The molecule has 5 unspecified atom stereocenters. The van der Waals surface area contributed by atoms with Crippen LogP contribution in [0.2, 0.25) is 0 Å². The Bertz CT molecular complexity index is 1100. The number of ether oxygens (including phenoxy) is 3. The molecule has 0 radical (unpaired) electrons. The van der Waals surface area contributed by atoms with Crippen LogP contribution in [0.1, 0.15) is 36.1 Å². The molecule has 2 amide bonds. The van der Waals surface area contributed by atoms with Crippen molar-refractivity contribution in [2.24, 2.45) is 11.3 Å². The van der Waals surface area contributed by atoms with Gasteiger partial charge in [0.2, 0.25) is 5.91 Å². The van der Waals surface area contributed by atoms with Gasteiger partial charge in [0.25, 0.3) is 0 Å². The van der Waals surface area contributed by atoms with Crippen LogP contribution in [0.4, 0.5) is 18.0 Å². The number of pyridine rings is 1. The Balaban J connectivity index is 1.37. The van der Waals surface area contributed by atoms with Crippen molar-refractivity contribution in [2.75, 3.05) is 46.6 Å². The highest BCUT2D eigenvalue weighted by molar-refractivity contribution is 5.86. The third-order valence-corrected chi connectivity index (χ3v) is 8.59. The Morgan fingerprint density at radius 2 is 2.18 bits per heavy atom. The quantitative estimate of drug-likeness (QED) is 0.543. The van der Waals surface area contributed by atoms with Crippen molar-refractivity contribution in [1.29, 1.82) is 0 Å². The van der Waals surface area contributed by atoms with Crippen LogP contribution in [0.15, 0.2) is 24.9 Å². The minimum atomic E-state index is -4.51. The molecule has 4 aliphatic rings. The molecular weight excluding hydrogens is 517 g/mol. The van der Waals surface area contributed by atoms with E-state index in [2.05, 4.69) is 16.9 Å². The van der Waals surface area contributed by atoms with Gasteiger partial charge in [-0.1, -0.05) is 12.7 Å². The van der Waals surface area contributed by atoms with Crippen LogP contribution in [0.3, 0.4) is 0 Å². The molecule has 3 aliphatic heterocycles. The second-order valence-electron chi connectivity index (χ2n) is 11.0. The molecule has 2 saturated heterocycles. The number of rotatable bonds is 6. The minimum absolute atomic E-state index is 0.0293. The van der Waals surface area contributed by atoms with Crippen LogP contribution in [0, 0.1) is 11.3 Å². The van der Waals surface area contributed by atoms with Gasteiger partial charge in [0.05, 0.1) is 23.7 Å². The standard InChI is InChI=1S/C27H35F3N4O5/c1-3-7-39-25(36)34-14-19-10-20(32-22-5-8-38-15-23(22)37-2)11-26(19,16-34)24(35)33-6-4-21-17(13-33)9-18(12-31-21)27(28,29)30/h3,9,12,19-20,22-23,32H,1,4-8,10-11,13-16H2,2H3. The van der Waals surface area contributed by atoms with Crippen LogP contribution >= 0.6 is 0 Å². The van der Waals surface area contributed by atoms with Gasteiger partial charge in [-0.3, -0.25) is 9.78 Å². The lowest BCUT2D eigenvalue weighted by molar-refractivity contribution is -0.143. The van der Waals surface area contributed by atoms with Crippen LogP contribution < -0.4 is 5.32 Å². The van der Waals surface area contributed by atoms with Gasteiger partial charge in [0, 0.05) is 70.3 Å². The Morgan fingerprint density at radius 1 is 1.36 bits per heavy atom. The number of hydrogen-bond acceptors (Lipinski definition) is 7. The highest BCUT2D eigenvalue weighted by atomic mass is 19.4. The molecule has 12 heteroatoms. The average molecular weight is 553 g/mol. The van der Waals surface area contributed by atoms with Gasteiger partial charge in [0.1, 0.15) is 6.61 Å². The predicted octanol–water partition coefficient (Wildman–Crippen LogP) is 2.78. The highest BCUT2D eigenvalue weighted by Gasteiger charge is 2.60. The first-order chi connectivity index (χ1) is 18.6. The maximum Gasteiger partial charge on any atom is 0.417 e. The molecule has 1 aromatic rings. The largest absolute Gasteiger partial charge is 0.445 e. The zero-order chi connectivity index (χ0) is 27.8. The monoisotopic (exact) mass is 552 g/mol. The van der Waals surface area contributed by atoms with Crippen molar-refractivity contribution in [1.82, 2.24) is 20.1 Å². The Kier molecular flexibility index (Phi) is 7.89. The van der Waals surface area contributed by atoms with Crippen LogP contribution in [-0.2, 0) is 38.1 Å². The van der Waals surface area contributed by atoms with Crippen molar-refractivity contribution < 1.29 is 37.0 Å². The number of aromatic nitrogens is 1. The topological polar surface area (TPSA) is 93.2 Å². The zero-order valence-corrected chi connectivity index (χ0v) is 22.0. The summed E-state index contributed by atoms with van der Waals surface area (Å²) in [6.45, 7) is 5.79. The second-order valence-corrected chi connectivity index (χ2v) is 11.0. The maximum atomic E-state index is 14.3. The lowest BCUT2D eigenvalue weighted by Crippen LogP contribution is -2.52. The molecule has 39 heavy (non-hydrogen) atoms. The molecule has 214 valence electrons. The first-order valence-corrected chi connectivity index (χ1v) is 13.4. The summed E-state index contributed by atoms with van der Waals surface area (Å²) in [5.74, 6) is -0.241. The van der Waals surface area contributed by atoms with E-state index >= 15 is 0 Å². The van der Waals surface area contributed by atoms with E-state index < -0.39 is 23.2 Å². The molecule has 5 atom stereocenters. The molecule has 0 spiro atoms. The third-order valence-electron chi connectivity index (χ3n) is 8.59. The van der Waals surface area contributed by atoms with Crippen molar-refractivity contribution in [3.63, 3.8) is 0 Å². The molecule has 0 aromatic carbocycles. The van der Waals surface area contributed by atoms with E-state index in [-0.39, 0.29) is 49.7 Å². The van der Waals surface area contributed by atoms with Crippen molar-refractivity contribution in [2.45, 2.75) is 56.6 Å². The van der Waals surface area contributed by atoms with Crippen molar-refractivity contribution in [3.8, 4) is 0 Å². The third kappa shape index (κ3) is 5.51. The molecule has 0 bridgehead atoms. The number of nitrogens with zero attached hydrogens (tertiary/aromatic N) is 3. The fourth-order valence-electron chi connectivity index (χ4n) is 6.70. The number of hydrogen-bond donors (Lipinski definition) is 1. The fourth-order valence-corrected chi connectivity index (χ4v) is 6.70. The summed E-state index contributed by atoms with van der Waals surface area (Å²) < 4.78 is 56.4. The lowest BCUT2D eigenvalue weighted by Gasteiger charge is -2.37. The smallest absolute Gasteiger partial charge is 0.417 e. The van der Waals surface area contributed by atoms with E-state index in [1.807, 2.05) is 0 Å². The summed E-state index contributed by atoms with van der Waals surface area (Å²) in [4.78, 5) is 34.2. The normalized spacial score (nSPS) is 30.6. The van der Waals surface area contributed by atoms with Gasteiger partial charge in [-0.2, -0.15) is 13.2 Å². The van der Waals surface area contributed by atoms with Gasteiger partial charge >= 0.3 is 12.3 Å². The van der Waals surface area contributed by atoms with E-state index in [1.165, 1.54) is 6.08 Å². The second kappa shape index (κ2) is 11.1. The summed E-state index contributed by atoms with van der Waals surface area (Å²) in [5.41, 5.74) is -0.683. The molecule has 3 fully saturated rings. The number of alkyl halides is 3. The van der Waals surface area contributed by atoms with Gasteiger partial charge in [0.15, 0.2) is 0 Å². The van der Waals surface area contributed by atoms with Crippen LogP contribution in [0.5, 0.6) is 0 Å². The van der Waals surface area contributed by atoms with E-state index in [4.69, 9.17) is 14.2 Å². The summed E-state index contributed by atoms with van der Waals surface area (Å²) in [6.07, 6.45) is -0.380. The SMILES string of the molecule is C=CCOC(=O)N1CC2CC(NC3CCOCC3OC)CC2(C(=O)N2CCc3ncc(C(F)(F)F)cc3C2)C1. The lowest BCUT2D eigenvalue weighted by atomic mass is 9.78. The summed E-state index contributed by atoms with van der Waals surface area (Å²) in [5, 5.41) is 3.69. The summed E-state index contributed by atoms with van der Waals surface area (Å²) >= 11 is 0. The summed E-state index contributed by atoms with van der Waals surface area (Å²) in [7, 11) is 1.66. The number of carbonyl (C=O) groups excluding carboxylic acids is 2. The maximum absolute atomic E-state index is 14.3. The molecule has 1 aliphatic carbocycles. The van der Waals surface area contributed by atoms with E-state index in [0.29, 0.717) is 56.8 Å². The predicted molar refractivity (Wildman–Crippen MR) is 134 cm³/mol. The van der Waals surface area contributed by atoms with Gasteiger partial charge in [-0.25, -0.2) is 4.79 Å². The van der Waals surface area contributed by atoms with Crippen LogP contribution in [-0.4, -0.2) is 91.5 Å². The number of likely N-dealkylation sites (tertiary alicyclic amines) is 1. The van der Waals surface area contributed by atoms with E-state index in [9.17, 15) is 22.8 Å². The van der Waals surface area contributed by atoms with Gasteiger partial charge in [-0.05, 0) is 36.8 Å². The molecule has 1 aromatic heterocycles. The number of fused-ring (bicyclic) bond motifs is 2. The van der Waals surface area contributed by atoms with Crippen LogP contribution in [0.25, 0.3) is 0 Å². The fraction of sp³-hybridized carbons (Fsp3) is 0.667. The summed E-state index contributed by atoms with van der Waals surface area (Å²) in [6, 6.07) is 1.21. The van der Waals surface area contributed by atoms with Gasteiger partial charge in [-0.15, -0.1) is 0 Å².